The molecule has 3 heterocycles. The third-order valence-corrected chi connectivity index (χ3v) is 8.38. The number of sulfonamides is 1. The highest BCUT2D eigenvalue weighted by Crippen LogP contribution is 2.39. The Morgan fingerprint density at radius 3 is 2.40 bits per heavy atom. The number of rotatable bonds is 8. The predicted octanol–water partition coefficient (Wildman–Crippen LogP) is 5.40. The number of nitrogens with zero attached hydrogens (tertiary/aromatic N) is 3. The maximum absolute atomic E-state index is 15.5. The summed E-state index contributed by atoms with van der Waals surface area (Å²) < 4.78 is 79.0. The number of hydrogen-bond donors (Lipinski definition) is 3. The molecule has 4 N–H and O–H groups in total. The maximum atomic E-state index is 15.5. The average molecular weight is 595 g/mol. The minimum absolute atomic E-state index is 0.0434. The molecule has 0 saturated carbocycles. The lowest BCUT2D eigenvalue weighted by molar-refractivity contribution is 0.0211. The molecular formula is C29H25F3N6O3S. The molecular weight excluding hydrogens is 569 g/mol. The highest BCUT2D eigenvalue weighted by molar-refractivity contribution is 7.92. The van der Waals surface area contributed by atoms with Gasteiger partial charge >= 0.3 is 0 Å². The van der Waals surface area contributed by atoms with E-state index in [0.717, 1.165) is 29.4 Å². The number of fused-ring (bicyclic) bond motifs is 1. The van der Waals surface area contributed by atoms with Crippen LogP contribution in [0.2, 0.25) is 0 Å². The third-order valence-electron chi connectivity index (χ3n) is 6.98. The van der Waals surface area contributed by atoms with E-state index in [1.165, 1.54) is 12.1 Å². The van der Waals surface area contributed by atoms with E-state index < -0.39 is 38.1 Å². The number of aryl methyl sites for hydroxylation is 1. The van der Waals surface area contributed by atoms with Crippen molar-refractivity contribution in [1.82, 2.24) is 14.8 Å². The fraction of sp³-hybridized carbons (Fsp3) is 0.172. The van der Waals surface area contributed by atoms with E-state index in [-0.39, 0.29) is 23.1 Å². The van der Waals surface area contributed by atoms with Crippen molar-refractivity contribution in [1.29, 1.82) is 0 Å². The number of anilines is 3. The predicted molar refractivity (Wildman–Crippen MR) is 154 cm³/mol. The van der Waals surface area contributed by atoms with E-state index in [2.05, 4.69) is 15.4 Å². The zero-order chi connectivity index (χ0) is 29.6. The van der Waals surface area contributed by atoms with Crippen LogP contribution in [0.3, 0.4) is 0 Å². The summed E-state index contributed by atoms with van der Waals surface area (Å²) >= 11 is 0. The summed E-state index contributed by atoms with van der Waals surface area (Å²) in [6.45, 7) is 3.54. The van der Waals surface area contributed by atoms with Crippen LogP contribution in [0.25, 0.3) is 33.3 Å². The smallest absolute Gasteiger partial charge is 0.264 e. The lowest BCUT2D eigenvalue weighted by Gasteiger charge is -2.27. The van der Waals surface area contributed by atoms with Crippen molar-refractivity contribution in [2.45, 2.75) is 24.4 Å². The summed E-state index contributed by atoms with van der Waals surface area (Å²) in [5.74, 6) is -3.02. The monoisotopic (exact) mass is 594 g/mol. The normalized spacial score (nSPS) is 13.7. The molecule has 0 radical (unpaired) electrons. The summed E-state index contributed by atoms with van der Waals surface area (Å²) in [6, 6.07) is 14.1. The zero-order valence-corrected chi connectivity index (χ0v) is 23.1. The van der Waals surface area contributed by atoms with Gasteiger partial charge in [-0.05, 0) is 42.8 Å². The Bertz CT molecular complexity index is 1930. The van der Waals surface area contributed by atoms with Crippen LogP contribution in [0.5, 0.6) is 0 Å². The Hall–Kier alpha value is -4.62. The minimum atomic E-state index is -4.54. The van der Waals surface area contributed by atoms with Crippen molar-refractivity contribution in [2.75, 3.05) is 29.0 Å². The second kappa shape index (κ2) is 10.7. The topological polar surface area (TPSA) is 124 Å². The van der Waals surface area contributed by atoms with Gasteiger partial charge in [0.15, 0.2) is 0 Å². The quantitative estimate of drug-likeness (QED) is 0.220. The summed E-state index contributed by atoms with van der Waals surface area (Å²) in [5, 5.41) is 8.24. The van der Waals surface area contributed by atoms with Crippen molar-refractivity contribution in [3.8, 4) is 22.4 Å². The molecule has 3 aromatic carbocycles. The van der Waals surface area contributed by atoms with Crippen molar-refractivity contribution < 1.29 is 26.3 Å². The van der Waals surface area contributed by atoms with Gasteiger partial charge in [0.1, 0.15) is 33.9 Å². The van der Waals surface area contributed by atoms with Crippen LogP contribution in [0.4, 0.5) is 30.4 Å². The van der Waals surface area contributed by atoms with Gasteiger partial charge < -0.3 is 15.8 Å². The zero-order valence-electron chi connectivity index (χ0n) is 22.2. The molecule has 216 valence electrons. The number of nitrogens with two attached hydrogens (primary N) is 1. The van der Waals surface area contributed by atoms with Crippen LogP contribution in [0.1, 0.15) is 6.92 Å². The number of hydrogen-bond acceptors (Lipinski definition) is 7. The fourth-order valence-corrected chi connectivity index (χ4v) is 5.97. The molecule has 2 aromatic heterocycles. The van der Waals surface area contributed by atoms with Crippen LogP contribution in [-0.4, -0.2) is 42.4 Å². The van der Waals surface area contributed by atoms with Gasteiger partial charge in [-0.15, -0.1) is 0 Å². The van der Waals surface area contributed by atoms with Crippen molar-refractivity contribution in [2.24, 2.45) is 0 Å². The van der Waals surface area contributed by atoms with Gasteiger partial charge in [-0.1, -0.05) is 24.3 Å². The van der Waals surface area contributed by atoms with Gasteiger partial charge in [-0.25, -0.2) is 26.6 Å². The molecule has 0 spiro atoms. The number of ether oxygens (including phenoxy) is 1. The second-order valence-corrected chi connectivity index (χ2v) is 11.4. The Morgan fingerprint density at radius 2 is 1.74 bits per heavy atom. The molecule has 0 bridgehead atoms. The summed E-state index contributed by atoms with van der Waals surface area (Å²) in [7, 11) is -4.54. The average Bonchev–Trinajstić information content (AvgIpc) is 3.34. The Labute approximate surface area is 239 Å². The summed E-state index contributed by atoms with van der Waals surface area (Å²) in [6.07, 6.45) is 1.61. The van der Waals surface area contributed by atoms with Crippen LogP contribution in [0, 0.1) is 17.5 Å². The first-order valence-corrected chi connectivity index (χ1v) is 14.5. The molecule has 0 amide bonds. The largest absolute Gasteiger partial charge is 0.383 e. The van der Waals surface area contributed by atoms with Crippen LogP contribution < -0.4 is 15.8 Å². The molecule has 0 unspecified atom stereocenters. The maximum Gasteiger partial charge on any atom is 0.264 e. The molecule has 1 saturated heterocycles. The number of benzene rings is 3. The second-order valence-electron chi connectivity index (χ2n) is 9.75. The minimum Gasteiger partial charge on any atom is -0.383 e. The SMILES string of the molecule is CCn1nc(-c2cc(F)c(NS(=O)(=O)c3ccccc3F)cc2F)c2c(N)ncc(-c3ccc(NC4COC4)cc3)c21. The van der Waals surface area contributed by atoms with Gasteiger partial charge in [0.25, 0.3) is 10.0 Å². The molecule has 5 aromatic rings. The lowest BCUT2D eigenvalue weighted by atomic mass is 10.0. The fourth-order valence-electron chi connectivity index (χ4n) is 4.84. The summed E-state index contributed by atoms with van der Waals surface area (Å²) in [5.41, 5.74) is 8.39. The Kier molecular flexibility index (Phi) is 6.99. The molecule has 1 fully saturated rings. The molecule has 42 heavy (non-hydrogen) atoms. The van der Waals surface area contributed by atoms with Gasteiger partial charge in [-0.2, -0.15) is 5.10 Å². The van der Waals surface area contributed by atoms with Gasteiger partial charge in [0, 0.05) is 35.6 Å². The third kappa shape index (κ3) is 4.90. The van der Waals surface area contributed by atoms with Gasteiger partial charge in [-0.3, -0.25) is 9.40 Å². The molecule has 1 aliphatic rings. The molecule has 0 aliphatic carbocycles. The number of nitrogen functional groups attached to an aromatic ring is 1. The lowest BCUT2D eigenvalue weighted by Crippen LogP contribution is -2.40. The van der Waals surface area contributed by atoms with Crippen molar-refractivity contribution in [3.63, 3.8) is 0 Å². The van der Waals surface area contributed by atoms with Gasteiger partial charge in [0.2, 0.25) is 0 Å². The first-order chi connectivity index (χ1) is 20.2. The number of nitrogens with one attached hydrogen (secondary N) is 2. The van der Waals surface area contributed by atoms with E-state index in [4.69, 9.17) is 10.5 Å². The molecule has 6 rings (SSSR count). The number of pyridine rings is 1. The van der Waals surface area contributed by atoms with E-state index >= 15 is 8.78 Å². The number of aromatic nitrogens is 3. The standard InChI is InChI=1S/C29H25F3N6O3S/c1-2-38-28-20(16-7-9-17(10-8-16)35-18-14-41-15-18)13-34-29(33)26(28)27(36-38)19-11-23(32)24(12-22(19)31)37-42(39,40)25-6-4-3-5-21(25)30/h3-13,18,35,37H,2,14-15H2,1H3,(H2,33,34). The molecule has 0 atom stereocenters. The highest BCUT2D eigenvalue weighted by atomic mass is 32.2. The van der Waals surface area contributed by atoms with E-state index in [0.29, 0.717) is 42.3 Å². The molecule has 13 heteroatoms. The Balaban J connectivity index is 1.41. The first kappa shape index (κ1) is 27.5. The Morgan fingerprint density at radius 1 is 1.00 bits per heavy atom. The van der Waals surface area contributed by atoms with Crippen LogP contribution >= 0.6 is 0 Å². The highest BCUT2D eigenvalue weighted by Gasteiger charge is 2.25. The van der Waals surface area contributed by atoms with Crippen LogP contribution in [-0.2, 0) is 21.3 Å². The summed E-state index contributed by atoms with van der Waals surface area (Å²) in [4.78, 5) is 3.62. The number of halogens is 3. The van der Waals surface area contributed by atoms with E-state index in [1.807, 2.05) is 35.9 Å². The first-order valence-electron chi connectivity index (χ1n) is 13.0. The van der Waals surface area contributed by atoms with Gasteiger partial charge in [0.05, 0.1) is 35.8 Å². The molecule has 1 aliphatic heterocycles. The van der Waals surface area contributed by atoms with Crippen molar-refractivity contribution >= 4 is 38.1 Å². The van der Waals surface area contributed by atoms with Crippen LogP contribution in [0.15, 0.2) is 71.8 Å². The molecule has 9 nitrogen and oxygen atoms in total. The van der Waals surface area contributed by atoms with E-state index in [1.54, 1.807) is 10.9 Å². The van der Waals surface area contributed by atoms with E-state index in [9.17, 15) is 12.8 Å². The van der Waals surface area contributed by atoms with Crippen molar-refractivity contribution in [3.05, 3.63) is 84.3 Å².